The number of alkyl carbamates (subject to hydrolysis) is 1. The Kier molecular flexibility index (Phi) is 5.80. The predicted octanol–water partition coefficient (Wildman–Crippen LogP) is 1.83. The number of likely N-dealkylation sites (tertiary alicyclic amines) is 1. The minimum Gasteiger partial charge on any atom is -0.450 e. The van der Waals surface area contributed by atoms with E-state index in [4.69, 9.17) is 4.74 Å². The molecule has 0 aliphatic carbocycles. The summed E-state index contributed by atoms with van der Waals surface area (Å²) in [4.78, 5) is 17.9. The summed E-state index contributed by atoms with van der Waals surface area (Å²) >= 11 is 0. The Morgan fingerprint density at radius 1 is 1.50 bits per heavy atom. The van der Waals surface area contributed by atoms with Crippen LogP contribution in [0.1, 0.15) is 25.3 Å². The smallest absolute Gasteiger partial charge is 0.407 e. The zero-order valence-corrected chi connectivity index (χ0v) is 12.0. The van der Waals surface area contributed by atoms with Crippen LogP contribution in [0.3, 0.4) is 0 Å². The fourth-order valence-corrected chi connectivity index (χ4v) is 2.55. The maximum Gasteiger partial charge on any atom is 0.407 e. The third-order valence-corrected chi connectivity index (χ3v) is 3.57. The number of amides is 1. The third-order valence-electron chi connectivity index (χ3n) is 3.57. The van der Waals surface area contributed by atoms with Crippen molar-refractivity contribution in [3.63, 3.8) is 0 Å². The third kappa shape index (κ3) is 4.81. The number of hydrogen-bond acceptors (Lipinski definition) is 4. The van der Waals surface area contributed by atoms with Crippen LogP contribution in [0.25, 0.3) is 0 Å². The molecular formula is C15H23N3O2. The van der Waals surface area contributed by atoms with Crippen LogP contribution in [-0.4, -0.2) is 48.3 Å². The van der Waals surface area contributed by atoms with Gasteiger partial charge < -0.3 is 15.0 Å². The number of carbonyl (C=O) groups is 1. The quantitative estimate of drug-likeness (QED) is 0.892. The molecule has 2 heterocycles. The molecule has 1 atom stereocenters. The van der Waals surface area contributed by atoms with Gasteiger partial charge in [-0.05, 0) is 50.4 Å². The highest BCUT2D eigenvalue weighted by Gasteiger charge is 2.21. The topological polar surface area (TPSA) is 54.5 Å². The summed E-state index contributed by atoms with van der Waals surface area (Å²) in [5, 5.41) is 2.94. The molecule has 1 saturated heterocycles. The Morgan fingerprint density at radius 3 is 3.05 bits per heavy atom. The first-order valence-electron chi connectivity index (χ1n) is 7.32. The van der Waals surface area contributed by atoms with Gasteiger partial charge in [0.1, 0.15) is 0 Å². The zero-order chi connectivity index (χ0) is 14.2. The molecule has 110 valence electrons. The first-order valence-corrected chi connectivity index (χ1v) is 7.32. The van der Waals surface area contributed by atoms with Crippen molar-refractivity contribution in [2.24, 2.45) is 0 Å². The number of carbonyl (C=O) groups excluding carboxylic acids is 1. The van der Waals surface area contributed by atoms with Gasteiger partial charge in [-0.15, -0.1) is 0 Å². The molecule has 1 amide bonds. The van der Waals surface area contributed by atoms with E-state index in [2.05, 4.69) is 27.3 Å². The van der Waals surface area contributed by atoms with Crippen molar-refractivity contribution < 1.29 is 9.53 Å². The number of hydrogen-bond donors (Lipinski definition) is 1. The normalized spacial score (nSPS) is 19.6. The second-order valence-corrected chi connectivity index (χ2v) is 5.11. The molecule has 1 N–H and O–H groups in total. The number of nitrogens with zero attached hydrogens (tertiary/aromatic N) is 2. The predicted molar refractivity (Wildman–Crippen MR) is 77.6 cm³/mol. The van der Waals surface area contributed by atoms with Gasteiger partial charge in [-0.2, -0.15) is 0 Å². The molecule has 1 unspecified atom stereocenters. The number of nitrogens with one attached hydrogen (secondary N) is 1. The second-order valence-electron chi connectivity index (χ2n) is 5.11. The molecule has 5 heteroatoms. The molecule has 2 rings (SSSR count). The van der Waals surface area contributed by atoms with Gasteiger partial charge in [0.2, 0.25) is 0 Å². The van der Waals surface area contributed by atoms with Gasteiger partial charge in [-0.25, -0.2) is 4.79 Å². The fraction of sp³-hybridized carbons (Fsp3) is 0.600. The molecule has 1 aliphatic rings. The summed E-state index contributed by atoms with van der Waals surface area (Å²) in [5.41, 5.74) is 1.31. The van der Waals surface area contributed by atoms with Crippen molar-refractivity contribution in [1.29, 1.82) is 0 Å². The van der Waals surface area contributed by atoms with E-state index < -0.39 is 0 Å². The van der Waals surface area contributed by atoms with Crippen LogP contribution in [0.15, 0.2) is 24.5 Å². The maximum absolute atomic E-state index is 11.4. The first-order chi connectivity index (χ1) is 9.78. The van der Waals surface area contributed by atoms with Crippen molar-refractivity contribution in [2.45, 2.75) is 32.2 Å². The van der Waals surface area contributed by atoms with Crippen LogP contribution in [0, 0.1) is 0 Å². The van der Waals surface area contributed by atoms with Gasteiger partial charge in [-0.3, -0.25) is 4.98 Å². The number of rotatable bonds is 5. The SMILES string of the molecule is CCOC(=O)NC1CCCN(CCc2ccncc2)C1. The molecule has 0 aromatic carbocycles. The number of aromatic nitrogens is 1. The Hall–Kier alpha value is -1.62. The second kappa shape index (κ2) is 7.85. The van der Waals surface area contributed by atoms with Gasteiger partial charge in [0.15, 0.2) is 0 Å². The first kappa shape index (κ1) is 14.8. The lowest BCUT2D eigenvalue weighted by Crippen LogP contribution is -2.48. The van der Waals surface area contributed by atoms with E-state index in [0.29, 0.717) is 6.61 Å². The summed E-state index contributed by atoms with van der Waals surface area (Å²) in [6, 6.07) is 4.32. The molecule has 20 heavy (non-hydrogen) atoms. The summed E-state index contributed by atoms with van der Waals surface area (Å²) < 4.78 is 4.93. The van der Waals surface area contributed by atoms with Crippen LogP contribution in [0.5, 0.6) is 0 Å². The fourth-order valence-electron chi connectivity index (χ4n) is 2.55. The zero-order valence-electron chi connectivity index (χ0n) is 12.0. The largest absolute Gasteiger partial charge is 0.450 e. The molecule has 0 radical (unpaired) electrons. The minimum atomic E-state index is -0.298. The minimum absolute atomic E-state index is 0.209. The lowest BCUT2D eigenvalue weighted by molar-refractivity contribution is 0.134. The van der Waals surface area contributed by atoms with Crippen LogP contribution < -0.4 is 5.32 Å². The van der Waals surface area contributed by atoms with Gasteiger partial charge in [-0.1, -0.05) is 0 Å². The van der Waals surface area contributed by atoms with Crippen LogP contribution >= 0.6 is 0 Å². The van der Waals surface area contributed by atoms with E-state index in [-0.39, 0.29) is 12.1 Å². The molecule has 0 saturated carbocycles. The van der Waals surface area contributed by atoms with Crippen LogP contribution in [0.4, 0.5) is 4.79 Å². The van der Waals surface area contributed by atoms with E-state index >= 15 is 0 Å². The van der Waals surface area contributed by atoms with E-state index in [1.807, 2.05) is 19.3 Å². The van der Waals surface area contributed by atoms with Gasteiger partial charge >= 0.3 is 6.09 Å². The average Bonchev–Trinajstić information content (AvgIpc) is 2.47. The number of pyridine rings is 1. The van der Waals surface area contributed by atoms with Crippen molar-refractivity contribution in [3.8, 4) is 0 Å². The molecular weight excluding hydrogens is 254 g/mol. The molecule has 5 nitrogen and oxygen atoms in total. The number of ether oxygens (including phenoxy) is 1. The molecule has 0 spiro atoms. The lowest BCUT2D eigenvalue weighted by atomic mass is 10.1. The Morgan fingerprint density at radius 2 is 2.30 bits per heavy atom. The van der Waals surface area contributed by atoms with Gasteiger partial charge in [0.25, 0.3) is 0 Å². The molecule has 1 fully saturated rings. The van der Waals surface area contributed by atoms with Gasteiger partial charge in [0.05, 0.1) is 6.61 Å². The van der Waals surface area contributed by atoms with Crippen molar-refractivity contribution in [2.75, 3.05) is 26.2 Å². The van der Waals surface area contributed by atoms with E-state index in [1.165, 1.54) is 5.56 Å². The number of piperidine rings is 1. The van der Waals surface area contributed by atoms with E-state index in [9.17, 15) is 4.79 Å². The van der Waals surface area contributed by atoms with E-state index in [0.717, 1.165) is 38.9 Å². The van der Waals surface area contributed by atoms with Crippen molar-refractivity contribution in [1.82, 2.24) is 15.2 Å². The molecule has 1 aliphatic heterocycles. The average molecular weight is 277 g/mol. The van der Waals surface area contributed by atoms with Crippen LogP contribution in [-0.2, 0) is 11.2 Å². The molecule has 1 aromatic heterocycles. The Labute approximate surface area is 120 Å². The highest BCUT2D eigenvalue weighted by atomic mass is 16.5. The summed E-state index contributed by atoms with van der Waals surface area (Å²) in [5.74, 6) is 0. The van der Waals surface area contributed by atoms with Crippen molar-refractivity contribution in [3.05, 3.63) is 30.1 Å². The molecule has 0 bridgehead atoms. The summed E-state index contributed by atoms with van der Waals surface area (Å²) in [6.45, 7) is 5.27. The summed E-state index contributed by atoms with van der Waals surface area (Å²) in [7, 11) is 0. The van der Waals surface area contributed by atoms with Crippen LogP contribution in [0.2, 0.25) is 0 Å². The Bertz CT molecular complexity index is 411. The highest BCUT2D eigenvalue weighted by Crippen LogP contribution is 2.11. The van der Waals surface area contributed by atoms with Crippen molar-refractivity contribution >= 4 is 6.09 Å². The molecule has 1 aromatic rings. The van der Waals surface area contributed by atoms with Gasteiger partial charge in [0, 0.05) is 31.5 Å². The van der Waals surface area contributed by atoms with E-state index in [1.54, 1.807) is 0 Å². The maximum atomic E-state index is 11.4. The standard InChI is InChI=1S/C15H23N3O2/c1-2-20-15(19)17-14-4-3-10-18(12-14)11-7-13-5-8-16-9-6-13/h5-6,8-9,14H,2-4,7,10-12H2,1H3,(H,17,19). The highest BCUT2D eigenvalue weighted by molar-refractivity contribution is 5.67. The monoisotopic (exact) mass is 277 g/mol. The Balaban J connectivity index is 1.74. The summed E-state index contributed by atoms with van der Waals surface area (Å²) in [6.07, 6.45) is 6.54. The lowest BCUT2D eigenvalue weighted by Gasteiger charge is -2.32.